The summed E-state index contributed by atoms with van der Waals surface area (Å²) in [6, 6.07) is 0. The minimum atomic E-state index is -3.08. The zero-order valence-corrected chi connectivity index (χ0v) is 11.7. The van der Waals surface area contributed by atoms with Crippen molar-refractivity contribution < 1.29 is 13.2 Å². The maximum Gasteiger partial charge on any atom is 0.251 e. The summed E-state index contributed by atoms with van der Waals surface area (Å²) < 4.78 is 22.2. The van der Waals surface area contributed by atoms with Gasteiger partial charge in [0.2, 0.25) is 0 Å². The number of amides is 1. The highest BCUT2D eigenvalue weighted by Gasteiger charge is 2.34. The summed E-state index contributed by atoms with van der Waals surface area (Å²) >= 11 is 0. The number of carbonyl (C=O) groups is 1. The highest BCUT2D eigenvalue weighted by Crippen LogP contribution is 2.22. The van der Waals surface area contributed by atoms with Crippen LogP contribution >= 0.6 is 0 Å². The van der Waals surface area contributed by atoms with Gasteiger partial charge >= 0.3 is 0 Å². The van der Waals surface area contributed by atoms with E-state index in [4.69, 9.17) is 5.73 Å². The fraction of sp³-hybridized carbons (Fsp3) is 0.818. The Morgan fingerprint density at radius 3 is 2.61 bits per heavy atom. The first-order chi connectivity index (χ1) is 8.39. The molecule has 18 heavy (non-hydrogen) atoms. The number of nitrogens with two attached hydrogens (primary N) is 1. The van der Waals surface area contributed by atoms with Crippen LogP contribution in [0.2, 0.25) is 0 Å². The van der Waals surface area contributed by atoms with Crippen LogP contribution in [0.15, 0.2) is 5.10 Å². The summed E-state index contributed by atoms with van der Waals surface area (Å²) in [5, 5.41) is 5.51. The second-order valence-corrected chi connectivity index (χ2v) is 6.78. The molecule has 0 spiro atoms. The molecule has 1 aliphatic heterocycles. The van der Waals surface area contributed by atoms with Gasteiger partial charge in [-0.15, -0.1) is 0 Å². The normalized spacial score (nSPS) is 20.4. The van der Waals surface area contributed by atoms with E-state index in [0.29, 0.717) is 19.4 Å². The molecule has 1 amide bonds. The van der Waals surface area contributed by atoms with Crippen molar-refractivity contribution in [2.75, 3.05) is 25.1 Å². The summed E-state index contributed by atoms with van der Waals surface area (Å²) in [6.07, 6.45) is 3.33. The van der Waals surface area contributed by atoms with E-state index in [2.05, 4.69) is 5.10 Å². The van der Waals surface area contributed by atoms with E-state index < -0.39 is 9.84 Å². The molecular weight excluding hydrogens is 254 g/mol. The van der Waals surface area contributed by atoms with E-state index in [9.17, 15) is 13.2 Å². The van der Waals surface area contributed by atoms with Crippen LogP contribution in [0, 0.1) is 5.92 Å². The lowest BCUT2D eigenvalue weighted by atomic mass is 9.96. The molecule has 0 aromatic rings. The number of hydrogen-bond donors (Lipinski definition) is 1. The van der Waals surface area contributed by atoms with Gasteiger partial charge in [-0.3, -0.25) is 4.79 Å². The Kier molecular flexibility index (Phi) is 5.28. The largest absolute Gasteiger partial charge is 0.330 e. The van der Waals surface area contributed by atoms with Crippen molar-refractivity contribution in [1.29, 1.82) is 0 Å². The number of hydrazone groups is 1. The third-order valence-corrected chi connectivity index (χ3v) is 3.86. The first kappa shape index (κ1) is 15.1. The van der Waals surface area contributed by atoms with Gasteiger partial charge in [-0.2, -0.15) is 5.10 Å². The van der Waals surface area contributed by atoms with Crippen molar-refractivity contribution in [2.45, 2.75) is 26.2 Å². The molecule has 0 aromatic heterocycles. The van der Waals surface area contributed by atoms with E-state index in [1.807, 2.05) is 6.92 Å². The van der Waals surface area contributed by atoms with Crippen molar-refractivity contribution in [3.05, 3.63) is 0 Å². The molecule has 1 unspecified atom stereocenters. The highest BCUT2D eigenvalue weighted by molar-refractivity contribution is 7.90. The smallest absolute Gasteiger partial charge is 0.251 e. The average molecular weight is 275 g/mol. The molecular formula is C11H21N3O3S. The fourth-order valence-electron chi connectivity index (χ4n) is 1.94. The highest BCUT2D eigenvalue weighted by atomic mass is 32.2. The lowest BCUT2D eigenvalue weighted by Crippen LogP contribution is -2.31. The molecule has 1 aliphatic rings. The van der Waals surface area contributed by atoms with Crippen LogP contribution in [0.5, 0.6) is 0 Å². The van der Waals surface area contributed by atoms with Gasteiger partial charge in [0.15, 0.2) is 0 Å². The van der Waals surface area contributed by atoms with Crippen LogP contribution in [-0.4, -0.2) is 50.1 Å². The molecule has 0 saturated heterocycles. The van der Waals surface area contributed by atoms with Crippen LogP contribution < -0.4 is 5.73 Å². The van der Waals surface area contributed by atoms with Gasteiger partial charge in [0, 0.05) is 6.26 Å². The lowest BCUT2D eigenvalue weighted by molar-refractivity contribution is -0.131. The molecule has 1 atom stereocenters. The van der Waals surface area contributed by atoms with Gasteiger partial charge in [0.1, 0.15) is 9.84 Å². The molecule has 0 radical (unpaired) electrons. The SMILES string of the molecule is CCC1=NN(CCS(C)(=O)=O)C(=O)C1CCCN. The van der Waals surface area contributed by atoms with Crippen LogP contribution in [0.4, 0.5) is 0 Å². The Balaban J connectivity index is 2.67. The van der Waals surface area contributed by atoms with Gasteiger partial charge in [-0.25, -0.2) is 13.4 Å². The van der Waals surface area contributed by atoms with Gasteiger partial charge < -0.3 is 5.73 Å². The Morgan fingerprint density at radius 1 is 1.44 bits per heavy atom. The third kappa shape index (κ3) is 4.06. The Hall–Kier alpha value is -0.950. The quantitative estimate of drug-likeness (QED) is 0.707. The van der Waals surface area contributed by atoms with Crippen LogP contribution in [0.25, 0.3) is 0 Å². The maximum atomic E-state index is 12.1. The average Bonchev–Trinajstić information content (AvgIpc) is 2.59. The first-order valence-corrected chi connectivity index (χ1v) is 8.21. The molecule has 104 valence electrons. The number of sulfone groups is 1. The Morgan fingerprint density at radius 2 is 2.11 bits per heavy atom. The second-order valence-electron chi connectivity index (χ2n) is 4.52. The van der Waals surface area contributed by atoms with Crippen molar-refractivity contribution >= 4 is 21.5 Å². The van der Waals surface area contributed by atoms with Gasteiger partial charge in [-0.1, -0.05) is 6.92 Å². The van der Waals surface area contributed by atoms with E-state index in [-0.39, 0.29) is 24.1 Å². The third-order valence-electron chi connectivity index (χ3n) is 2.94. The van der Waals surface area contributed by atoms with E-state index in [1.165, 1.54) is 5.01 Å². The zero-order valence-electron chi connectivity index (χ0n) is 10.9. The molecule has 0 bridgehead atoms. The topological polar surface area (TPSA) is 92.8 Å². The number of rotatable bonds is 7. The molecule has 0 saturated carbocycles. The van der Waals surface area contributed by atoms with Gasteiger partial charge in [0.25, 0.3) is 5.91 Å². The summed E-state index contributed by atoms with van der Waals surface area (Å²) in [7, 11) is -3.08. The standard InChI is InChI=1S/C11H21N3O3S/c1-3-10-9(5-4-6-12)11(15)14(13-10)7-8-18(2,16)17/h9H,3-8,12H2,1-2H3. The van der Waals surface area contributed by atoms with Crippen LogP contribution in [-0.2, 0) is 14.6 Å². The first-order valence-electron chi connectivity index (χ1n) is 6.15. The molecule has 0 fully saturated rings. The maximum absolute atomic E-state index is 12.1. The summed E-state index contributed by atoms with van der Waals surface area (Å²) in [5.74, 6) is -0.356. The zero-order chi connectivity index (χ0) is 13.8. The minimum Gasteiger partial charge on any atom is -0.330 e. The van der Waals surface area contributed by atoms with Crippen molar-refractivity contribution in [1.82, 2.24) is 5.01 Å². The molecule has 2 N–H and O–H groups in total. The molecule has 1 rings (SSSR count). The molecule has 0 aliphatic carbocycles. The second kappa shape index (κ2) is 6.29. The Bertz CT molecular complexity index is 431. The predicted octanol–water partition coefficient (Wildman–Crippen LogP) is -0.00570. The van der Waals surface area contributed by atoms with Gasteiger partial charge in [-0.05, 0) is 25.8 Å². The van der Waals surface area contributed by atoms with Crippen molar-refractivity contribution in [3.8, 4) is 0 Å². The number of nitrogens with zero attached hydrogens (tertiary/aromatic N) is 2. The van der Waals surface area contributed by atoms with E-state index in [0.717, 1.165) is 18.4 Å². The molecule has 6 nitrogen and oxygen atoms in total. The van der Waals surface area contributed by atoms with E-state index >= 15 is 0 Å². The van der Waals surface area contributed by atoms with Crippen molar-refractivity contribution in [3.63, 3.8) is 0 Å². The summed E-state index contributed by atoms with van der Waals surface area (Å²) in [5.41, 5.74) is 6.28. The van der Waals surface area contributed by atoms with Crippen LogP contribution in [0.3, 0.4) is 0 Å². The summed E-state index contributed by atoms with van der Waals surface area (Å²) in [6.45, 7) is 2.63. The predicted molar refractivity (Wildman–Crippen MR) is 70.9 cm³/mol. The number of carbonyl (C=O) groups excluding carboxylic acids is 1. The molecule has 0 aromatic carbocycles. The molecule has 1 heterocycles. The number of hydrogen-bond acceptors (Lipinski definition) is 5. The minimum absolute atomic E-state index is 0.0527. The molecule has 7 heteroatoms. The van der Waals surface area contributed by atoms with Gasteiger partial charge in [0.05, 0.1) is 23.9 Å². The van der Waals surface area contributed by atoms with Crippen LogP contribution in [0.1, 0.15) is 26.2 Å². The van der Waals surface area contributed by atoms with E-state index in [1.54, 1.807) is 0 Å². The fourth-order valence-corrected chi connectivity index (χ4v) is 2.44. The van der Waals surface area contributed by atoms with Crippen molar-refractivity contribution in [2.24, 2.45) is 16.8 Å². The monoisotopic (exact) mass is 275 g/mol. The summed E-state index contributed by atoms with van der Waals surface area (Å²) in [4.78, 5) is 12.1. The Labute approximate surface area is 108 Å². The lowest BCUT2D eigenvalue weighted by Gasteiger charge is -2.13.